The van der Waals surface area contributed by atoms with E-state index in [9.17, 15) is 0 Å². The Morgan fingerprint density at radius 1 is 1.33 bits per heavy atom. The Kier molecular flexibility index (Phi) is 2.39. The van der Waals surface area contributed by atoms with Crippen LogP contribution in [0.2, 0.25) is 0 Å². The first-order valence-electron chi connectivity index (χ1n) is 5.16. The molecule has 0 fully saturated rings. The lowest BCUT2D eigenvalue weighted by Gasteiger charge is -2.07. The molecule has 1 heterocycles. The van der Waals surface area contributed by atoms with Crippen LogP contribution < -0.4 is 4.74 Å². The molecule has 0 atom stereocenters. The summed E-state index contributed by atoms with van der Waals surface area (Å²) in [5.74, 6) is 0.883. The van der Waals surface area contributed by atoms with Crippen molar-refractivity contribution in [1.29, 1.82) is 0 Å². The highest BCUT2D eigenvalue weighted by Crippen LogP contribution is 2.25. The van der Waals surface area contributed by atoms with Crippen molar-refractivity contribution < 1.29 is 4.74 Å². The predicted octanol–water partition coefficient (Wildman–Crippen LogP) is 2.93. The molecule has 0 spiro atoms. The van der Waals surface area contributed by atoms with Gasteiger partial charge in [-0.15, -0.1) is 0 Å². The summed E-state index contributed by atoms with van der Waals surface area (Å²) in [4.78, 5) is 0. The average molecular weight is 204 g/mol. The van der Waals surface area contributed by atoms with E-state index >= 15 is 0 Å². The number of hydrogen-bond acceptors (Lipinski definition) is 2. The first-order chi connectivity index (χ1) is 7.13. The maximum atomic E-state index is 5.21. The zero-order valence-corrected chi connectivity index (χ0v) is 9.61. The van der Waals surface area contributed by atoms with Crippen LogP contribution in [-0.2, 0) is 0 Å². The molecule has 0 saturated heterocycles. The summed E-state index contributed by atoms with van der Waals surface area (Å²) in [5, 5.41) is 5.70. The molecule has 0 N–H and O–H groups in total. The van der Waals surface area contributed by atoms with Crippen molar-refractivity contribution in [3.05, 3.63) is 23.9 Å². The lowest BCUT2D eigenvalue weighted by Crippen LogP contribution is -2.02. The molecule has 0 amide bonds. The van der Waals surface area contributed by atoms with Crippen molar-refractivity contribution in [2.75, 3.05) is 7.11 Å². The Morgan fingerprint density at radius 3 is 2.67 bits per heavy atom. The summed E-state index contributed by atoms with van der Waals surface area (Å²) >= 11 is 0. The quantitative estimate of drug-likeness (QED) is 0.752. The van der Waals surface area contributed by atoms with Gasteiger partial charge in [0.2, 0.25) is 0 Å². The Bertz CT molecular complexity index is 486. The maximum absolute atomic E-state index is 5.21. The van der Waals surface area contributed by atoms with E-state index in [2.05, 4.69) is 25.0 Å². The van der Waals surface area contributed by atoms with E-state index in [0.717, 1.165) is 11.4 Å². The van der Waals surface area contributed by atoms with Gasteiger partial charge in [-0.2, -0.15) is 5.10 Å². The molecule has 3 nitrogen and oxygen atoms in total. The van der Waals surface area contributed by atoms with E-state index in [4.69, 9.17) is 4.74 Å². The number of aryl methyl sites for hydroxylation is 1. The van der Waals surface area contributed by atoms with Crippen molar-refractivity contribution in [1.82, 2.24) is 9.78 Å². The Balaban J connectivity index is 2.69. The minimum atomic E-state index is 0.384. The van der Waals surface area contributed by atoms with Gasteiger partial charge in [0.05, 0.1) is 18.3 Å². The first kappa shape index (κ1) is 10.0. The molecular weight excluding hydrogens is 188 g/mol. The monoisotopic (exact) mass is 204 g/mol. The fraction of sp³-hybridized carbons (Fsp3) is 0.417. The molecule has 0 radical (unpaired) electrons. The van der Waals surface area contributed by atoms with Crippen molar-refractivity contribution in [2.24, 2.45) is 0 Å². The SMILES string of the molecule is COc1ccc2c(c1)c(C)nn2C(C)C. The first-order valence-corrected chi connectivity index (χ1v) is 5.16. The number of ether oxygens (including phenoxy) is 1. The van der Waals surface area contributed by atoms with Gasteiger partial charge in [-0.25, -0.2) is 0 Å². The lowest BCUT2D eigenvalue weighted by molar-refractivity contribution is 0.415. The average Bonchev–Trinajstić information content (AvgIpc) is 2.56. The molecule has 3 heteroatoms. The fourth-order valence-electron chi connectivity index (χ4n) is 1.79. The molecule has 0 bridgehead atoms. The number of hydrogen-bond donors (Lipinski definition) is 0. The van der Waals surface area contributed by atoms with Crippen LogP contribution in [0.5, 0.6) is 5.75 Å². The number of rotatable bonds is 2. The summed E-state index contributed by atoms with van der Waals surface area (Å²) < 4.78 is 7.26. The number of fused-ring (bicyclic) bond motifs is 1. The third kappa shape index (κ3) is 1.58. The van der Waals surface area contributed by atoms with Gasteiger partial charge in [0.15, 0.2) is 0 Å². The highest BCUT2D eigenvalue weighted by molar-refractivity contribution is 5.83. The Morgan fingerprint density at radius 2 is 2.07 bits per heavy atom. The molecule has 0 saturated carbocycles. The maximum Gasteiger partial charge on any atom is 0.119 e. The number of benzene rings is 1. The minimum Gasteiger partial charge on any atom is -0.497 e. The standard InChI is InChI=1S/C12H16N2O/c1-8(2)14-12-6-5-10(15-4)7-11(12)9(3)13-14/h5-8H,1-4H3. The Labute approximate surface area is 89.7 Å². The van der Waals surface area contributed by atoms with E-state index in [0.29, 0.717) is 6.04 Å². The number of aromatic nitrogens is 2. The summed E-state index contributed by atoms with van der Waals surface area (Å²) in [6.45, 7) is 6.30. The second-order valence-electron chi connectivity index (χ2n) is 4.01. The summed E-state index contributed by atoms with van der Waals surface area (Å²) in [6, 6.07) is 6.46. The van der Waals surface area contributed by atoms with Crippen molar-refractivity contribution in [3.8, 4) is 5.75 Å². The molecule has 2 rings (SSSR count). The number of methoxy groups -OCH3 is 1. The van der Waals surface area contributed by atoms with Crippen LogP contribution >= 0.6 is 0 Å². The van der Waals surface area contributed by atoms with Crippen LogP contribution in [-0.4, -0.2) is 16.9 Å². The molecule has 0 aliphatic rings. The van der Waals surface area contributed by atoms with Gasteiger partial charge in [0.1, 0.15) is 5.75 Å². The van der Waals surface area contributed by atoms with Crippen LogP contribution in [0.1, 0.15) is 25.6 Å². The molecule has 0 aliphatic heterocycles. The third-order valence-corrected chi connectivity index (χ3v) is 2.59. The van der Waals surface area contributed by atoms with Crippen LogP contribution in [0.4, 0.5) is 0 Å². The van der Waals surface area contributed by atoms with Crippen LogP contribution in [0.3, 0.4) is 0 Å². The molecule has 0 aliphatic carbocycles. The van der Waals surface area contributed by atoms with Crippen LogP contribution in [0.15, 0.2) is 18.2 Å². The lowest BCUT2D eigenvalue weighted by atomic mass is 10.2. The summed E-state index contributed by atoms with van der Waals surface area (Å²) in [7, 11) is 1.68. The van der Waals surface area contributed by atoms with E-state index < -0.39 is 0 Å². The topological polar surface area (TPSA) is 27.1 Å². The van der Waals surface area contributed by atoms with Gasteiger partial charge in [0.25, 0.3) is 0 Å². The smallest absolute Gasteiger partial charge is 0.119 e. The molecule has 1 aromatic carbocycles. The summed E-state index contributed by atoms with van der Waals surface area (Å²) in [5.41, 5.74) is 2.22. The van der Waals surface area contributed by atoms with Crippen molar-refractivity contribution >= 4 is 10.9 Å². The molecule has 1 aromatic heterocycles. The largest absolute Gasteiger partial charge is 0.497 e. The van der Waals surface area contributed by atoms with E-state index in [1.807, 2.05) is 23.7 Å². The van der Waals surface area contributed by atoms with E-state index in [1.54, 1.807) is 7.11 Å². The van der Waals surface area contributed by atoms with Gasteiger partial charge < -0.3 is 4.74 Å². The fourth-order valence-corrected chi connectivity index (χ4v) is 1.79. The van der Waals surface area contributed by atoms with E-state index in [-0.39, 0.29) is 0 Å². The molecule has 2 aromatic rings. The Hall–Kier alpha value is -1.51. The highest BCUT2D eigenvalue weighted by atomic mass is 16.5. The third-order valence-electron chi connectivity index (χ3n) is 2.59. The van der Waals surface area contributed by atoms with Crippen LogP contribution in [0, 0.1) is 6.92 Å². The van der Waals surface area contributed by atoms with Crippen LogP contribution in [0.25, 0.3) is 10.9 Å². The van der Waals surface area contributed by atoms with Gasteiger partial charge in [-0.05, 0) is 39.0 Å². The zero-order chi connectivity index (χ0) is 11.0. The van der Waals surface area contributed by atoms with Crippen molar-refractivity contribution in [2.45, 2.75) is 26.8 Å². The van der Waals surface area contributed by atoms with Gasteiger partial charge in [0, 0.05) is 11.4 Å². The van der Waals surface area contributed by atoms with Crippen molar-refractivity contribution in [3.63, 3.8) is 0 Å². The van der Waals surface area contributed by atoms with Gasteiger partial charge >= 0.3 is 0 Å². The normalized spacial score (nSPS) is 11.3. The number of nitrogens with zero attached hydrogens (tertiary/aromatic N) is 2. The molecule has 0 unspecified atom stereocenters. The molecular formula is C12H16N2O. The van der Waals surface area contributed by atoms with Gasteiger partial charge in [-0.3, -0.25) is 4.68 Å². The zero-order valence-electron chi connectivity index (χ0n) is 9.61. The second-order valence-corrected chi connectivity index (χ2v) is 4.01. The molecule has 80 valence electrons. The summed E-state index contributed by atoms with van der Waals surface area (Å²) in [6.07, 6.45) is 0. The van der Waals surface area contributed by atoms with Gasteiger partial charge in [-0.1, -0.05) is 0 Å². The minimum absolute atomic E-state index is 0.384. The highest BCUT2D eigenvalue weighted by Gasteiger charge is 2.09. The predicted molar refractivity (Wildman–Crippen MR) is 61.4 cm³/mol. The van der Waals surface area contributed by atoms with E-state index in [1.165, 1.54) is 10.9 Å². The second kappa shape index (κ2) is 3.57. The molecule has 15 heavy (non-hydrogen) atoms.